The average molecular weight is 655 g/mol. The summed E-state index contributed by atoms with van der Waals surface area (Å²) in [5.41, 5.74) is 2.51. The Morgan fingerprint density at radius 2 is 1.84 bits per heavy atom. The van der Waals surface area contributed by atoms with Gasteiger partial charge < -0.3 is 35.1 Å². The van der Waals surface area contributed by atoms with Crippen molar-refractivity contribution in [2.24, 2.45) is 7.05 Å². The highest BCUT2D eigenvalue weighted by Gasteiger charge is 2.35. The van der Waals surface area contributed by atoms with E-state index in [0.29, 0.717) is 81.8 Å². The van der Waals surface area contributed by atoms with Crippen molar-refractivity contribution in [2.45, 2.75) is 24.5 Å². The zero-order valence-electron chi connectivity index (χ0n) is 25.0. The number of nitrogens with one attached hydrogen (secondary N) is 3. The van der Waals surface area contributed by atoms with Crippen molar-refractivity contribution in [3.05, 3.63) is 53.4 Å². The molecule has 2 aliphatic heterocycles. The molecule has 3 aromatic heterocycles. The van der Waals surface area contributed by atoms with E-state index in [1.165, 1.54) is 20.3 Å². The van der Waals surface area contributed by atoms with Gasteiger partial charge in [0.25, 0.3) is 0 Å². The highest BCUT2D eigenvalue weighted by molar-refractivity contribution is 6.41. The molecule has 2 saturated heterocycles. The lowest BCUT2D eigenvalue weighted by atomic mass is 10.1. The highest BCUT2D eigenvalue weighted by Crippen LogP contribution is 2.46. The summed E-state index contributed by atoms with van der Waals surface area (Å²) < 4.78 is 18.3. The second-order valence-electron chi connectivity index (χ2n) is 10.8. The second kappa shape index (κ2) is 13.0. The summed E-state index contributed by atoms with van der Waals surface area (Å²) in [4.78, 5) is 28.9. The van der Waals surface area contributed by atoms with E-state index in [9.17, 15) is 4.79 Å². The Balaban J connectivity index is 1.38. The van der Waals surface area contributed by atoms with E-state index < -0.39 is 0 Å². The van der Waals surface area contributed by atoms with Crippen LogP contribution in [0.4, 0.5) is 17.5 Å². The summed E-state index contributed by atoms with van der Waals surface area (Å²) in [5.74, 6) is 1.46. The molecular weight excluding hydrogens is 621 g/mol. The number of hydrogen-bond donors (Lipinski definition) is 3. The van der Waals surface area contributed by atoms with E-state index in [1.54, 1.807) is 23.1 Å². The molecule has 13 nitrogen and oxygen atoms in total. The first-order valence-corrected chi connectivity index (χ1v) is 15.1. The van der Waals surface area contributed by atoms with Crippen LogP contribution in [-0.4, -0.2) is 89.3 Å². The maximum Gasteiger partial charge on any atom is 0.243 e. The van der Waals surface area contributed by atoms with Crippen molar-refractivity contribution in [2.75, 3.05) is 56.1 Å². The number of halogens is 2. The molecule has 0 spiro atoms. The molecule has 0 saturated carbocycles. The number of methoxy groups -OCH3 is 2. The maximum absolute atomic E-state index is 12.3. The normalized spacial score (nSPS) is 19.5. The molecule has 4 aromatic rings. The van der Waals surface area contributed by atoms with Crippen molar-refractivity contribution >= 4 is 57.5 Å². The predicted molar refractivity (Wildman–Crippen MR) is 174 cm³/mol. The Kier molecular flexibility index (Phi) is 8.83. The van der Waals surface area contributed by atoms with Gasteiger partial charge in [0, 0.05) is 56.2 Å². The molecule has 5 heterocycles. The first kappa shape index (κ1) is 30.7. The van der Waals surface area contributed by atoms with E-state index >= 15 is 0 Å². The van der Waals surface area contributed by atoms with Crippen LogP contribution in [0.5, 0.6) is 11.5 Å². The molecule has 0 bridgehead atoms. The molecule has 1 amide bonds. The van der Waals surface area contributed by atoms with Gasteiger partial charge in [0.15, 0.2) is 5.82 Å². The second-order valence-corrected chi connectivity index (χ2v) is 11.6. The molecule has 1 unspecified atom stereocenters. The highest BCUT2D eigenvalue weighted by atomic mass is 35.5. The fourth-order valence-electron chi connectivity index (χ4n) is 5.58. The van der Waals surface area contributed by atoms with Gasteiger partial charge in [0.2, 0.25) is 11.9 Å². The molecule has 2 aliphatic rings. The molecule has 3 N–H and O–H groups in total. The minimum atomic E-state index is -0.257. The number of amides is 1. The summed E-state index contributed by atoms with van der Waals surface area (Å²) >= 11 is 13.5. The Hall–Kier alpha value is -4.33. The number of benzene rings is 1. The molecule has 0 aliphatic carbocycles. The third-order valence-electron chi connectivity index (χ3n) is 7.87. The third kappa shape index (κ3) is 6.28. The van der Waals surface area contributed by atoms with Crippen LogP contribution in [0.15, 0.2) is 43.4 Å². The van der Waals surface area contributed by atoms with E-state index in [2.05, 4.69) is 37.5 Å². The molecule has 6 rings (SSSR count). The number of nitrogens with zero attached hydrogens (tertiary/aromatic N) is 6. The van der Waals surface area contributed by atoms with Gasteiger partial charge in [0.05, 0.1) is 66.6 Å². The van der Waals surface area contributed by atoms with Gasteiger partial charge in [-0.15, -0.1) is 0 Å². The molecule has 2 fully saturated rings. The van der Waals surface area contributed by atoms with Gasteiger partial charge in [-0.25, -0.2) is 15.0 Å². The maximum atomic E-state index is 12.3. The number of carbonyl (C=O) groups excluding carboxylic acids is 1. The Morgan fingerprint density at radius 1 is 1.09 bits per heavy atom. The fraction of sp³-hybridized carbons (Fsp3) is 0.367. The van der Waals surface area contributed by atoms with Crippen LogP contribution in [0, 0.1) is 0 Å². The number of ether oxygens (including phenoxy) is 3. The first-order valence-electron chi connectivity index (χ1n) is 14.3. The molecular formula is C30H33Cl2N9O4. The van der Waals surface area contributed by atoms with Crippen molar-refractivity contribution in [3.63, 3.8) is 0 Å². The van der Waals surface area contributed by atoms with Gasteiger partial charge in [-0.3, -0.25) is 9.48 Å². The Labute approximate surface area is 269 Å². The quantitative estimate of drug-likeness (QED) is 0.215. The van der Waals surface area contributed by atoms with Crippen LogP contribution in [0.3, 0.4) is 0 Å². The third-order valence-corrected chi connectivity index (χ3v) is 8.62. The molecule has 236 valence electrons. The fourth-order valence-corrected chi connectivity index (χ4v) is 6.27. The number of rotatable bonds is 10. The number of anilines is 3. The lowest BCUT2D eigenvalue weighted by molar-refractivity contribution is -0.117. The smallest absolute Gasteiger partial charge is 0.243 e. The van der Waals surface area contributed by atoms with Gasteiger partial charge in [-0.1, -0.05) is 29.8 Å². The van der Waals surface area contributed by atoms with Crippen molar-refractivity contribution in [3.8, 4) is 22.8 Å². The Bertz CT molecular complexity index is 1720. The first-order chi connectivity index (χ1) is 21.8. The molecule has 0 radical (unpaired) electrons. The van der Waals surface area contributed by atoms with Crippen LogP contribution in [0.2, 0.25) is 10.0 Å². The largest absolute Gasteiger partial charge is 0.495 e. The van der Waals surface area contributed by atoms with Crippen molar-refractivity contribution in [1.29, 1.82) is 0 Å². The van der Waals surface area contributed by atoms with E-state index in [-0.39, 0.29) is 24.0 Å². The lowest BCUT2D eigenvalue weighted by Gasteiger charge is -2.21. The zero-order valence-corrected chi connectivity index (χ0v) is 26.5. The van der Waals surface area contributed by atoms with Crippen LogP contribution >= 0.6 is 23.2 Å². The van der Waals surface area contributed by atoms with Crippen LogP contribution in [0.1, 0.15) is 6.42 Å². The number of aromatic nitrogens is 5. The number of pyridine rings is 1. The van der Waals surface area contributed by atoms with Crippen molar-refractivity contribution in [1.82, 2.24) is 30.0 Å². The van der Waals surface area contributed by atoms with Gasteiger partial charge >= 0.3 is 0 Å². The van der Waals surface area contributed by atoms with E-state index in [0.717, 1.165) is 12.1 Å². The summed E-state index contributed by atoms with van der Waals surface area (Å²) in [6.07, 6.45) is 7.53. The molecule has 45 heavy (non-hydrogen) atoms. The molecule has 15 heteroatoms. The monoisotopic (exact) mass is 653 g/mol. The Morgan fingerprint density at radius 3 is 2.49 bits per heavy atom. The van der Waals surface area contributed by atoms with E-state index in [1.807, 2.05) is 19.3 Å². The van der Waals surface area contributed by atoms with Gasteiger partial charge in [-0.2, -0.15) is 5.10 Å². The summed E-state index contributed by atoms with van der Waals surface area (Å²) in [5, 5.41) is 15.6. The minimum Gasteiger partial charge on any atom is -0.495 e. The molecule has 1 aromatic carbocycles. The summed E-state index contributed by atoms with van der Waals surface area (Å²) in [6, 6.07) is 3.05. The number of fused-ring (bicyclic) bond motifs is 1. The number of carbonyl (C=O) groups is 1. The number of hydrogen-bond acceptors (Lipinski definition) is 11. The van der Waals surface area contributed by atoms with Crippen LogP contribution in [0.25, 0.3) is 22.2 Å². The number of aryl methyl sites for hydroxylation is 1. The van der Waals surface area contributed by atoms with Crippen LogP contribution in [-0.2, 0) is 16.6 Å². The predicted octanol–water partition coefficient (Wildman–Crippen LogP) is 3.92. The average Bonchev–Trinajstić information content (AvgIpc) is 3.80. The summed E-state index contributed by atoms with van der Waals surface area (Å²) in [7, 11) is 4.91. The van der Waals surface area contributed by atoms with Gasteiger partial charge in [0.1, 0.15) is 17.0 Å². The zero-order chi connectivity index (χ0) is 31.7. The topological polar surface area (TPSA) is 141 Å². The van der Waals surface area contributed by atoms with E-state index in [4.69, 9.17) is 47.4 Å². The minimum absolute atomic E-state index is 0.0366. The van der Waals surface area contributed by atoms with Gasteiger partial charge in [-0.05, 0) is 18.6 Å². The SMILES string of the molecule is C=CC(=O)N[C@H]1CN(c2cnn(C)c2)C[C@H]1Nc1ncc2cc(-c3c(Cl)c(OC)cc(OC)c3Cl)nc(NC3CCOC3)c2n1. The van der Waals surface area contributed by atoms with Crippen LogP contribution < -0.4 is 30.3 Å². The van der Waals surface area contributed by atoms with Crippen molar-refractivity contribution < 1.29 is 19.0 Å². The summed E-state index contributed by atoms with van der Waals surface area (Å²) in [6.45, 7) is 5.94. The standard InChI is InChI=1S/C30H33Cl2N9O4/c1-5-24(42)36-20-13-41(18-11-34-40(2)12-18)14-21(20)38-30-33-10-16-8-19(25-26(31)22(43-3)9-23(44-4)27(25)32)37-29(28(16)39-30)35-17-6-7-45-15-17/h5,8-12,17,20-21H,1,6-7,13-15H2,2-4H3,(H,35,37)(H,36,42)(H,33,38,39)/t17?,20-,21+/m0/s1. The molecule has 3 atom stereocenters. The lowest BCUT2D eigenvalue weighted by Crippen LogP contribution is -2.45.